The van der Waals surface area contributed by atoms with Gasteiger partial charge in [-0.3, -0.25) is 9.59 Å². The fraction of sp³-hybridized carbons (Fsp3) is 0.714. The van der Waals surface area contributed by atoms with Crippen LogP contribution in [-0.4, -0.2) is 52.5 Å². The van der Waals surface area contributed by atoms with Crippen molar-refractivity contribution in [2.45, 2.75) is 76.6 Å². The van der Waals surface area contributed by atoms with E-state index < -0.39 is 12.2 Å². The first kappa shape index (κ1) is 23.5. The van der Waals surface area contributed by atoms with Gasteiger partial charge in [0.25, 0.3) is 0 Å². The van der Waals surface area contributed by atoms with Crippen LogP contribution >= 0.6 is 0 Å². The number of unbranched alkanes of at least 4 members (excludes halogenated alkanes) is 1. The van der Waals surface area contributed by atoms with E-state index in [4.69, 9.17) is 0 Å². The summed E-state index contributed by atoms with van der Waals surface area (Å²) in [5, 5.41) is 29.4. The Morgan fingerprint density at radius 3 is 2.67 bits per heavy atom. The Morgan fingerprint density at radius 2 is 2.00 bits per heavy atom. The average molecular weight is 382 g/mol. The molecule has 6 nitrogen and oxygen atoms in total. The molecule has 1 aliphatic rings. The Hall–Kier alpha value is -1.50. The van der Waals surface area contributed by atoms with Crippen molar-refractivity contribution < 1.29 is 29.6 Å². The molecule has 0 aromatic rings. The van der Waals surface area contributed by atoms with Gasteiger partial charge in [-0.05, 0) is 45.4 Å². The molecule has 27 heavy (non-hydrogen) atoms. The number of carbonyl (C=O) groups is 2. The van der Waals surface area contributed by atoms with Gasteiger partial charge in [0.1, 0.15) is 5.78 Å². The average Bonchev–Trinajstić information content (AvgIpc) is 2.88. The molecule has 1 aliphatic carbocycles. The van der Waals surface area contributed by atoms with Crippen molar-refractivity contribution in [3.63, 3.8) is 0 Å². The zero-order chi connectivity index (χ0) is 20.2. The summed E-state index contributed by atoms with van der Waals surface area (Å²) in [5.41, 5.74) is 0. The van der Waals surface area contributed by atoms with E-state index in [9.17, 15) is 24.9 Å². The first-order chi connectivity index (χ1) is 12.8. The third kappa shape index (κ3) is 9.31. The minimum atomic E-state index is -0.712. The first-order valence-electron chi connectivity index (χ1n) is 9.82. The molecule has 3 N–H and O–H groups in total. The maximum atomic E-state index is 12.2. The van der Waals surface area contributed by atoms with Gasteiger partial charge < -0.3 is 20.1 Å². The number of esters is 1. The standard InChI is InChI=1S/C21H34O6/c1-15(22)8-7-9-16(23)12-13-18-17(19(24)14-20(18)25)10-5-3-4-6-11-21(26)27-2/h3,5,12-13,15-18,20,22-23,25H,4,6-11,14H2,1-2H3/b5-3-,13-12+/t15-,16+,17-,18-,20-/m1/s1. The number of hydrogen-bond acceptors (Lipinski definition) is 6. The smallest absolute Gasteiger partial charge is 0.305 e. The summed E-state index contributed by atoms with van der Waals surface area (Å²) >= 11 is 0. The number of ether oxygens (including phenoxy) is 1. The second kappa shape index (κ2) is 12.8. The van der Waals surface area contributed by atoms with Crippen LogP contribution in [0.4, 0.5) is 0 Å². The highest BCUT2D eigenvalue weighted by Crippen LogP contribution is 2.33. The maximum Gasteiger partial charge on any atom is 0.305 e. The molecule has 0 bridgehead atoms. The van der Waals surface area contributed by atoms with Crippen LogP contribution in [0, 0.1) is 11.8 Å². The van der Waals surface area contributed by atoms with Crippen LogP contribution in [0.25, 0.3) is 0 Å². The second-order valence-corrected chi connectivity index (χ2v) is 7.33. The number of rotatable bonds is 12. The van der Waals surface area contributed by atoms with E-state index in [-0.39, 0.29) is 36.1 Å². The third-order valence-corrected chi connectivity index (χ3v) is 4.95. The molecule has 0 saturated heterocycles. The zero-order valence-corrected chi connectivity index (χ0v) is 16.4. The van der Waals surface area contributed by atoms with Gasteiger partial charge >= 0.3 is 5.97 Å². The normalized spacial score (nSPS) is 25.4. The van der Waals surface area contributed by atoms with Crippen LogP contribution in [0.15, 0.2) is 24.3 Å². The fourth-order valence-corrected chi connectivity index (χ4v) is 3.33. The summed E-state index contributed by atoms with van der Waals surface area (Å²) in [6.45, 7) is 1.72. The lowest BCUT2D eigenvalue weighted by atomic mass is 9.90. The van der Waals surface area contributed by atoms with Crippen LogP contribution in [0.5, 0.6) is 0 Å². The van der Waals surface area contributed by atoms with Gasteiger partial charge in [0, 0.05) is 24.7 Å². The molecule has 0 aromatic carbocycles. The van der Waals surface area contributed by atoms with E-state index in [2.05, 4.69) is 4.74 Å². The van der Waals surface area contributed by atoms with Gasteiger partial charge in [0.05, 0.1) is 25.4 Å². The zero-order valence-electron chi connectivity index (χ0n) is 16.4. The van der Waals surface area contributed by atoms with Gasteiger partial charge in [-0.15, -0.1) is 0 Å². The van der Waals surface area contributed by atoms with Crippen molar-refractivity contribution in [2.24, 2.45) is 11.8 Å². The van der Waals surface area contributed by atoms with Gasteiger partial charge in [0.15, 0.2) is 0 Å². The number of aliphatic hydroxyl groups excluding tert-OH is 3. The molecule has 1 saturated carbocycles. The Bertz CT molecular complexity index is 511. The van der Waals surface area contributed by atoms with Crippen molar-refractivity contribution >= 4 is 11.8 Å². The maximum absolute atomic E-state index is 12.2. The van der Waals surface area contributed by atoms with E-state index in [1.807, 2.05) is 12.2 Å². The van der Waals surface area contributed by atoms with Crippen molar-refractivity contribution in [1.82, 2.24) is 0 Å². The Labute approximate surface area is 161 Å². The Kier molecular flexibility index (Phi) is 11.2. The Morgan fingerprint density at radius 1 is 1.26 bits per heavy atom. The molecular weight excluding hydrogens is 348 g/mol. The predicted molar refractivity (Wildman–Crippen MR) is 103 cm³/mol. The van der Waals surface area contributed by atoms with Crippen LogP contribution in [0.1, 0.15) is 58.3 Å². The molecule has 5 atom stereocenters. The molecule has 0 amide bonds. The van der Waals surface area contributed by atoms with Crippen molar-refractivity contribution in [3.05, 3.63) is 24.3 Å². The topological polar surface area (TPSA) is 104 Å². The summed E-state index contributed by atoms with van der Waals surface area (Å²) in [4.78, 5) is 23.2. The monoisotopic (exact) mass is 382 g/mol. The number of methoxy groups -OCH3 is 1. The molecule has 1 rings (SSSR count). The summed E-state index contributed by atoms with van der Waals surface area (Å²) in [5.74, 6) is -0.754. The number of Topliss-reactive ketones (excluding diaryl/α,β-unsaturated/α-hetero) is 1. The van der Waals surface area contributed by atoms with Crippen LogP contribution in [0.3, 0.4) is 0 Å². The highest BCUT2D eigenvalue weighted by molar-refractivity contribution is 5.84. The summed E-state index contributed by atoms with van der Waals surface area (Å²) < 4.78 is 4.58. The highest BCUT2D eigenvalue weighted by atomic mass is 16.5. The number of ketones is 1. The molecule has 1 fully saturated rings. The van der Waals surface area contributed by atoms with Crippen molar-refractivity contribution in [2.75, 3.05) is 7.11 Å². The van der Waals surface area contributed by atoms with Gasteiger partial charge in [-0.1, -0.05) is 24.3 Å². The highest BCUT2D eigenvalue weighted by Gasteiger charge is 2.39. The van der Waals surface area contributed by atoms with E-state index >= 15 is 0 Å². The van der Waals surface area contributed by atoms with E-state index in [0.717, 1.165) is 6.42 Å². The van der Waals surface area contributed by atoms with Gasteiger partial charge in [-0.2, -0.15) is 0 Å². The summed E-state index contributed by atoms with van der Waals surface area (Å²) in [6.07, 6.45) is 9.97. The molecule has 0 radical (unpaired) electrons. The van der Waals surface area contributed by atoms with E-state index in [1.54, 1.807) is 19.1 Å². The van der Waals surface area contributed by atoms with Crippen LogP contribution in [0.2, 0.25) is 0 Å². The van der Waals surface area contributed by atoms with Crippen molar-refractivity contribution in [3.8, 4) is 0 Å². The minimum Gasteiger partial charge on any atom is -0.469 e. The second-order valence-electron chi connectivity index (χ2n) is 7.33. The quantitative estimate of drug-likeness (QED) is 0.272. The lowest BCUT2D eigenvalue weighted by molar-refractivity contribution is -0.140. The lowest BCUT2D eigenvalue weighted by Gasteiger charge is -2.16. The number of hydrogen-bond donors (Lipinski definition) is 3. The SMILES string of the molecule is COC(=O)CCC/C=C\C[C@H]1C(=O)C[C@@H](O)[C@@H]1/C=C/[C@@H](O)CCC[C@@H](C)O. The minimum absolute atomic E-state index is 0.0416. The number of allylic oxidation sites excluding steroid dienone is 2. The summed E-state index contributed by atoms with van der Waals surface area (Å²) in [7, 11) is 1.37. The largest absolute Gasteiger partial charge is 0.469 e. The Balaban J connectivity index is 2.46. The number of carbonyl (C=O) groups excluding carboxylic acids is 2. The molecule has 0 unspecified atom stereocenters. The van der Waals surface area contributed by atoms with Crippen LogP contribution < -0.4 is 0 Å². The third-order valence-electron chi connectivity index (χ3n) is 4.95. The van der Waals surface area contributed by atoms with Crippen molar-refractivity contribution in [1.29, 1.82) is 0 Å². The van der Waals surface area contributed by atoms with Crippen LogP contribution in [-0.2, 0) is 14.3 Å². The molecule has 6 heteroatoms. The molecule has 154 valence electrons. The van der Waals surface area contributed by atoms with E-state index in [1.165, 1.54) is 7.11 Å². The fourth-order valence-electron chi connectivity index (χ4n) is 3.33. The van der Waals surface area contributed by atoms with Gasteiger partial charge in [0.2, 0.25) is 0 Å². The first-order valence-corrected chi connectivity index (χ1v) is 9.82. The van der Waals surface area contributed by atoms with Gasteiger partial charge in [-0.25, -0.2) is 0 Å². The number of aliphatic hydroxyl groups is 3. The molecular formula is C21H34O6. The molecule has 0 heterocycles. The molecule has 0 aromatic heterocycles. The predicted octanol–water partition coefficient (Wildman–Crippen LogP) is 2.31. The summed E-state index contributed by atoms with van der Waals surface area (Å²) in [6, 6.07) is 0. The lowest BCUT2D eigenvalue weighted by Crippen LogP contribution is -2.18. The van der Waals surface area contributed by atoms with E-state index in [0.29, 0.717) is 38.5 Å². The molecule has 0 spiro atoms. The molecule has 0 aliphatic heterocycles.